The SMILES string of the molecule is CC(C)(C)OC(=O)c1nc(-c2ccc(Cl)cc2)c(-c2ccc(Cl)cc2)nc1C(=O)NC(CO)c1ccccc1.CC(C)(C)OC(=O)c1nc(-c2ccc(Cl)cc2)c(-c2ccc(Cl)cc2)nc1C(=O)O. The topological polar surface area (TPSA) is 191 Å². The summed E-state index contributed by atoms with van der Waals surface area (Å²) in [5.41, 5.74) is 1.43. The number of nitrogens with one attached hydrogen (secondary N) is 1. The zero-order chi connectivity index (χ0) is 50.2. The number of nitrogens with zero attached hydrogens (tertiary/aromatic N) is 4. The molecule has 3 N–H and O–H groups in total. The normalized spacial score (nSPS) is 11.7. The molecule has 69 heavy (non-hydrogen) atoms. The number of ether oxygens (including phenoxy) is 2. The predicted octanol–water partition coefficient (Wildman–Crippen LogP) is 12.3. The van der Waals surface area contributed by atoms with Crippen molar-refractivity contribution in [3.63, 3.8) is 0 Å². The van der Waals surface area contributed by atoms with E-state index in [0.29, 0.717) is 70.7 Å². The molecular weight excluding hydrogens is 964 g/mol. The highest BCUT2D eigenvalue weighted by atomic mass is 35.5. The van der Waals surface area contributed by atoms with Crippen LogP contribution < -0.4 is 5.32 Å². The summed E-state index contributed by atoms with van der Waals surface area (Å²) in [5, 5.41) is 24.6. The maximum absolute atomic E-state index is 13.6. The lowest BCUT2D eigenvalue weighted by Crippen LogP contribution is -2.34. The van der Waals surface area contributed by atoms with Crippen LogP contribution in [-0.4, -0.2) is 71.8 Å². The van der Waals surface area contributed by atoms with E-state index in [4.69, 9.17) is 55.9 Å². The summed E-state index contributed by atoms with van der Waals surface area (Å²) in [6, 6.07) is 35.5. The van der Waals surface area contributed by atoms with Crippen LogP contribution in [0.1, 0.15) is 95.1 Å². The smallest absolute Gasteiger partial charge is 0.360 e. The molecule has 7 aromatic rings. The lowest BCUT2D eigenvalue weighted by molar-refractivity contribution is 0.00480. The summed E-state index contributed by atoms with van der Waals surface area (Å²) in [6.07, 6.45) is 0. The largest absolute Gasteiger partial charge is 0.476 e. The number of benzene rings is 5. The molecule has 2 heterocycles. The van der Waals surface area contributed by atoms with Gasteiger partial charge in [-0.2, -0.15) is 0 Å². The second kappa shape index (κ2) is 22.1. The number of carbonyl (C=O) groups excluding carboxylic acids is 3. The first-order valence-corrected chi connectivity index (χ1v) is 22.7. The molecule has 7 rings (SSSR count). The monoisotopic (exact) mass is 1010 g/mol. The molecule has 0 fully saturated rings. The van der Waals surface area contributed by atoms with Crippen molar-refractivity contribution in [3.05, 3.63) is 176 Å². The molecule has 5 aromatic carbocycles. The maximum Gasteiger partial charge on any atom is 0.360 e. The number of aromatic nitrogens is 4. The average Bonchev–Trinajstić information content (AvgIpc) is 3.30. The molecule has 1 amide bonds. The molecule has 354 valence electrons. The molecule has 2 aromatic heterocycles. The van der Waals surface area contributed by atoms with Crippen LogP contribution >= 0.6 is 46.4 Å². The lowest BCUT2D eigenvalue weighted by atomic mass is 10.0. The summed E-state index contributed by atoms with van der Waals surface area (Å²) in [7, 11) is 0. The van der Waals surface area contributed by atoms with E-state index in [9.17, 15) is 29.4 Å². The third-order valence-corrected chi connectivity index (χ3v) is 10.6. The Morgan fingerprint density at radius 1 is 0.493 bits per heavy atom. The van der Waals surface area contributed by atoms with Gasteiger partial charge in [-0.15, -0.1) is 0 Å². The van der Waals surface area contributed by atoms with Gasteiger partial charge in [-0.3, -0.25) is 4.79 Å². The number of esters is 2. The highest BCUT2D eigenvalue weighted by Gasteiger charge is 2.31. The van der Waals surface area contributed by atoms with Crippen molar-refractivity contribution in [1.29, 1.82) is 0 Å². The van der Waals surface area contributed by atoms with Gasteiger partial charge < -0.3 is 25.0 Å². The molecule has 0 saturated carbocycles. The fourth-order valence-electron chi connectivity index (χ4n) is 6.50. The van der Waals surface area contributed by atoms with Gasteiger partial charge in [0.1, 0.15) is 11.2 Å². The second-order valence-corrected chi connectivity index (χ2v) is 18.9. The van der Waals surface area contributed by atoms with Crippen molar-refractivity contribution < 1.29 is 38.9 Å². The minimum atomic E-state index is -1.39. The Labute approximate surface area is 418 Å². The molecule has 0 saturated heterocycles. The van der Waals surface area contributed by atoms with Crippen molar-refractivity contribution >= 4 is 70.2 Å². The zero-order valence-corrected chi connectivity index (χ0v) is 41.1. The van der Waals surface area contributed by atoms with Crippen LogP contribution in [-0.2, 0) is 9.47 Å². The van der Waals surface area contributed by atoms with Crippen LogP contribution in [0.3, 0.4) is 0 Å². The number of amides is 1. The number of carbonyl (C=O) groups is 4. The Morgan fingerprint density at radius 2 is 0.797 bits per heavy atom. The van der Waals surface area contributed by atoms with Crippen LogP contribution in [0.4, 0.5) is 0 Å². The summed E-state index contributed by atoms with van der Waals surface area (Å²) in [5.74, 6) is -3.76. The highest BCUT2D eigenvalue weighted by Crippen LogP contribution is 2.34. The predicted molar refractivity (Wildman–Crippen MR) is 267 cm³/mol. The molecule has 0 aliphatic heterocycles. The van der Waals surface area contributed by atoms with Crippen LogP contribution in [0.25, 0.3) is 45.0 Å². The second-order valence-electron chi connectivity index (χ2n) is 17.2. The van der Waals surface area contributed by atoms with E-state index in [1.54, 1.807) is 163 Å². The number of hydrogen-bond acceptors (Lipinski definition) is 11. The maximum atomic E-state index is 13.6. The molecule has 17 heteroatoms. The third-order valence-electron chi connectivity index (χ3n) is 9.55. The molecule has 0 radical (unpaired) electrons. The Bertz CT molecular complexity index is 2980. The zero-order valence-electron chi connectivity index (χ0n) is 38.1. The molecule has 13 nitrogen and oxygen atoms in total. The van der Waals surface area contributed by atoms with Crippen LogP contribution in [0, 0.1) is 0 Å². The first kappa shape index (κ1) is 51.6. The first-order chi connectivity index (χ1) is 32.6. The third kappa shape index (κ3) is 13.7. The molecule has 1 unspecified atom stereocenters. The van der Waals surface area contributed by atoms with E-state index in [-0.39, 0.29) is 23.7 Å². The Morgan fingerprint density at radius 3 is 1.10 bits per heavy atom. The Hall–Kier alpha value is -6.74. The summed E-state index contributed by atoms with van der Waals surface area (Å²) < 4.78 is 10.9. The van der Waals surface area contributed by atoms with Crippen LogP contribution in [0.15, 0.2) is 127 Å². The van der Waals surface area contributed by atoms with E-state index in [1.807, 2.05) is 6.07 Å². The fourth-order valence-corrected chi connectivity index (χ4v) is 7.00. The van der Waals surface area contributed by atoms with Crippen molar-refractivity contribution in [2.24, 2.45) is 0 Å². The molecular formula is C52H45Cl4N5O8. The molecule has 0 spiro atoms. The van der Waals surface area contributed by atoms with E-state index in [1.165, 1.54) is 0 Å². The van der Waals surface area contributed by atoms with Gasteiger partial charge in [0, 0.05) is 42.3 Å². The molecule has 0 bridgehead atoms. The number of carboxylic acid groups (broad SMARTS) is 1. The Balaban J connectivity index is 0.000000235. The van der Waals surface area contributed by atoms with Gasteiger partial charge in [0.15, 0.2) is 22.8 Å². The molecule has 1 atom stereocenters. The average molecular weight is 1010 g/mol. The lowest BCUT2D eigenvalue weighted by Gasteiger charge is -2.22. The first-order valence-electron chi connectivity index (χ1n) is 21.1. The summed E-state index contributed by atoms with van der Waals surface area (Å²) in [4.78, 5) is 69.5. The van der Waals surface area contributed by atoms with Crippen molar-refractivity contribution in [2.45, 2.75) is 58.8 Å². The quantitative estimate of drug-likeness (QED) is 0.104. The van der Waals surface area contributed by atoms with Crippen LogP contribution in [0.2, 0.25) is 20.1 Å². The van der Waals surface area contributed by atoms with Crippen molar-refractivity contribution in [2.75, 3.05) is 6.61 Å². The number of rotatable bonds is 11. The fraction of sp³-hybridized carbons (Fsp3) is 0.192. The van der Waals surface area contributed by atoms with Gasteiger partial charge in [-0.1, -0.05) is 125 Å². The van der Waals surface area contributed by atoms with E-state index < -0.39 is 46.8 Å². The number of halogens is 4. The van der Waals surface area contributed by atoms with Crippen molar-refractivity contribution in [3.8, 4) is 45.0 Å². The number of aromatic carboxylic acids is 1. The van der Waals surface area contributed by atoms with E-state index >= 15 is 0 Å². The van der Waals surface area contributed by atoms with Gasteiger partial charge in [0.2, 0.25) is 0 Å². The molecule has 0 aliphatic rings. The minimum Gasteiger partial charge on any atom is -0.476 e. The standard InChI is InChI=1S/C30H27Cl2N3O4.C22H18Cl2N2O4/c1-30(2,3)39-29(38)27-26(28(37)33-23(17-36)18-7-5-4-6-8-18)34-24(19-9-13-21(31)14-10-19)25(35-27)20-11-15-22(32)16-12-20;1-22(2,3)30-21(29)19-18(20(27)28)25-16(12-4-8-14(23)9-5-12)17(26-19)13-6-10-15(24)11-7-13/h4-16,23,36H,17H2,1-3H3,(H,33,37);4-11H,1-3H3,(H,27,28). The minimum absolute atomic E-state index is 0.235. The van der Waals surface area contributed by atoms with Gasteiger partial charge in [0.25, 0.3) is 5.91 Å². The van der Waals surface area contributed by atoms with E-state index in [2.05, 4.69) is 25.3 Å². The number of carboxylic acids is 1. The van der Waals surface area contributed by atoms with Crippen molar-refractivity contribution in [1.82, 2.24) is 25.3 Å². The number of aliphatic hydroxyl groups excluding tert-OH is 1. The molecule has 0 aliphatic carbocycles. The van der Waals surface area contributed by atoms with E-state index in [0.717, 1.165) is 0 Å². The van der Waals surface area contributed by atoms with Gasteiger partial charge >= 0.3 is 17.9 Å². The van der Waals surface area contributed by atoms with Gasteiger partial charge in [0.05, 0.1) is 35.4 Å². The van der Waals surface area contributed by atoms with Crippen LogP contribution in [0.5, 0.6) is 0 Å². The Kier molecular flexibility index (Phi) is 16.6. The number of aliphatic hydroxyl groups is 1. The van der Waals surface area contributed by atoms with Gasteiger partial charge in [-0.05, 0) is 95.6 Å². The van der Waals surface area contributed by atoms with Gasteiger partial charge in [-0.25, -0.2) is 34.3 Å². The number of hydrogen-bond donors (Lipinski definition) is 3. The summed E-state index contributed by atoms with van der Waals surface area (Å²) >= 11 is 24.2. The summed E-state index contributed by atoms with van der Waals surface area (Å²) in [6.45, 7) is 9.84. The highest BCUT2D eigenvalue weighted by molar-refractivity contribution is 6.31.